The first-order valence-electron chi connectivity index (χ1n) is 11.6. The second-order valence-corrected chi connectivity index (χ2v) is 9.00. The summed E-state index contributed by atoms with van der Waals surface area (Å²) in [6.07, 6.45) is 5.66. The molecule has 0 atom stereocenters. The second-order valence-electron chi connectivity index (χ2n) is 8.59. The number of hydrogen-bond donors (Lipinski definition) is 0. The van der Waals surface area contributed by atoms with Gasteiger partial charge in [0.05, 0.1) is 48.3 Å². The number of nitrogens with zero attached hydrogens (tertiary/aromatic N) is 5. The van der Waals surface area contributed by atoms with Crippen LogP contribution in [0.25, 0.3) is 22.2 Å². The fraction of sp³-hybridized carbons (Fsp3) is 0.360. The van der Waals surface area contributed by atoms with Crippen molar-refractivity contribution in [1.29, 1.82) is 0 Å². The van der Waals surface area contributed by atoms with E-state index in [0.29, 0.717) is 74.2 Å². The number of rotatable bonds is 6. The van der Waals surface area contributed by atoms with Crippen molar-refractivity contribution in [3.63, 3.8) is 0 Å². The van der Waals surface area contributed by atoms with Crippen LogP contribution in [0.5, 0.6) is 0 Å². The molecule has 35 heavy (non-hydrogen) atoms. The zero-order valence-electron chi connectivity index (χ0n) is 19.2. The molecule has 2 amide bonds. The highest BCUT2D eigenvalue weighted by molar-refractivity contribution is 6.35. The number of ether oxygens (including phenoxy) is 2. The summed E-state index contributed by atoms with van der Waals surface area (Å²) in [4.78, 5) is 33.4. The van der Waals surface area contributed by atoms with Gasteiger partial charge < -0.3 is 19.3 Å². The van der Waals surface area contributed by atoms with Crippen LogP contribution < -0.4 is 0 Å². The fourth-order valence-corrected chi connectivity index (χ4v) is 4.37. The maximum Gasteiger partial charge on any atom is 0.409 e. The fourth-order valence-electron chi connectivity index (χ4n) is 4.11. The Morgan fingerprint density at radius 1 is 1.17 bits per heavy atom. The quantitative estimate of drug-likeness (QED) is 0.382. The van der Waals surface area contributed by atoms with Gasteiger partial charge in [-0.2, -0.15) is 5.10 Å². The molecule has 2 aromatic heterocycles. The summed E-state index contributed by atoms with van der Waals surface area (Å²) in [5.41, 5.74) is 2.72. The SMILES string of the molecule is C=CCCOC(=O)N1CCN(C(=O)c2ccc3c(Cl)cc(-c4cnn(C5COC5)c4)nc3c2)CC1. The molecule has 2 fully saturated rings. The van der Waals surface area contributed by atoms with Crippen LogP contribution in [0.2, 0.25) is 5.02 Å². The van der Waals surface area contributed by atoms with E-state index < -0.39 is 0 Å². The molecule has 0 unspecified atom stereocenters. The lowest BCUT2D eigenvalue weighted by Gasteiger charge is -2.34. The van der Waals surface area contributed by atoms with Crippen molar-refractivity contribution in [1.82, 2.24) is 24.6 Å². The molecule has 3 aromatic rings. The number of benzene rings is 1. The van der Waals surface area contributed by atoms with Crippen molar-refractivity contribution >= 4 is 34.5 Å². The summed E-state index contributed by atoms with van der Waals surface area (Å²) in [6.45, 7) is 6.97. The molecule has 0 bridgehead atoms. The Balaban J connectivity index is 1.30. The molecule has 5 rings (SSSR count). The molecule has 0 radical (unpaired) electrons. The summed E-state index contributed by atoms with van der Waals surface area (Å²) in [5.74, 6) is -0.104. The number of carbonyl (C=O) groups is 2. The predicted molar refractivity (Wildman–Crippen MR) is 131 cm³/mol. The largest absolute Gasteiger partial charge is 0.449 e. The average molecular weight is 496 g/mol. The molecule has 9 nitrogen and oxygen atoms in total. The van der Waals surface area contributed by atoms with E-state index in [1.54, 1.807) is 34.2 Å². The molecule has 4 heterocycles. The van der Waals surface area contributed by atoms with E-state index in [0.717, 1.165) is 10.9 Å². The normalized spacial score (nSPS) is 16.3. The molecule has 2 saturated heterocycles. The van der Waals surface area contributed by atoms with Gasteiger partial charge in [0.1, 0.15) is 0 Å². The van der Waals surface area contributed by atoms with Crippen molar-refractivity contribution in [2.24, 2.45) is 0 Å². The molecule has 2 aliphatic heterocycles. The molecule has 2 aliphatic rings. The van der Waals surface area contributed by atoms with Crippen LogP contribution in [-0.4, -0.2) is 82.6 Å². The molecule has 0 saturated carbocycles. The monoisotopic (exact) mass is 495 g/mol. The van der Waals surface area contributed by atoms with Crippen LogP contribution in [-0.2, 0) is 9.47 Å². The van der Waals surface area contributed by atoms with E-state index in [-0.39, 0.29) is 18.0 Å². The number of piperazine rings is 1. The zero-order valence-corrected chi connectivity index (χ0v) is 20.0. The maximum absolute atomic E-state index is 13.2. The number of hydrogen-bond acceptors (Lipinski definition) is 6. The average Bonchev–Trinajstić information content (AvgIpc) is 3.32. The highest BCUT2D eigenvalue weighted by atomic mass is 35.5. The Labute approximate surface area is 207 Å². The van der Waals surface area contributed by atoms with E-state index in [1.165, 1.54) is 0 Å². The Hall–Kier alpha value is -3.43. The van der Waals surface area contributed by atoms with Crippen molar-refractivity contribution in [3.8, 4) is 11.3 Å². The van der Waals surface area contributed by atoms with E-state index in [1.807, 2.05) is 23.0 Å². The summed E-state index contributed by atoms with van der Waals surface area (Å²) in [5, 5.41) is 5.76. The standard InChI is InChI=1S/C25H26ClN5O4/c1-2-3-10-35-25(33)30-8-6-29(7-9-30)24(32)17-4-5-20-21(26)12-22(28-23(20)11-17)18-13-27-31(14-18)19-15-34-16-19/h2,4-5,11-14,19H,1,3,6-10,15-16H2. The molecule has 0 aliphatic carbocycles. The van der Waals surface area contributed by atoms with Gasteiger partial charge in [0.25, 0.3) is 5.91 Å². The lowest BCUT2D eigenvalue weighted by Crippen LogP contribution is -2.50. The van der Waals surface area contributed by atoms with Gasteiger partial charge in [-0.1, -0.05) is 23.7 Å². The first-order valence-corrected chi connectivity index (χ1v) is 12.0. The number of fused-ring (bicyclic) bond motifs is 1. The molecule has 182 valence electrons. The number of carbonyl (C=O) groups excluding carboxylic acids is 2. The third-order valence-electron chi connectivity index (χ3n) is 6.27. The highest BCUT2D eigenvalue weighted by Crippen LogP contribution is 2.30. The van der Waals surface area contributed by atoms with Gasteiger partial charge in [-0.05, 0) is 24.6 Å². The van der Waals surface area contributed by atoms with Crippen LogP contribution in [0.15, 0.2) is 49.3 Å². The lowest BCUT2D eigenvalue weighted by atomic mass is 10.1. The van der Waals surface area contributed by atoms with Crippen LogP contribution in [0.1, 0.15) is 22.8 Å². The van der Waals surface area contributed by atoms with Crippen LogP contribution in [0.4, 0.5) is 4.79 Å². The topological polar surface area (TPSA) is 89.8 Å². The summed E-state index contributed by atoms with van der Waals surface area (Å²) in [7, 11) is 0. The second kappa shape index (κ2) is 10.1. The Bertz CT molecular complexity index is 1260. The summed E-state index contributed by atoms with van der Waals surface area (Å²) in [6, 6.07) is 7.43. The molecule has 0 spiro atoms. The van der Waals surface area contributed by atoms with Gasteiger partial charge in [-0.15, -0.1) is 6.58 Å². The summed E-state index contributed by atoms with van der Waals surface area (Å²) >= 11 is 6.55. The van der Waals surface area contributed by atoms with Gasteiger partial charge in [0, 0.05) is 48.9 Å². The van der Waals surface area contributed by atoms with E-state index in [2.05, 4.69) is 11.7 Å². The molecule has 0 N–H and O–H groups in total. The molecular formula is C25H26ClN5O4. The highest BCUT2D eigenvalue weighted by Gasteiger charge is 2.26. The Morgan fingerprint density at radius 2 is 1.94 bits per heavy atom. The van der Waals surface area contributed by atoms with Gasteiger partial charge in [-0.25, -0.2) is 9.78 Å². The van der Waals surface area contributed by atoms with Crippen LogP contribution in [0.3, 0.4) is 0 Å². The molecular weight excluding hydrogens is 470 g/mol. The van der Waals surface area contributed by atoms with Crippen LogP contribution >= 0.6 is 11.6 Å². The predicted octanol–water partition coefficient (Wildman–Crippen LogP) is 3.79. The number of amides is 2. The minimum atomic E-state index is -0.357. The number of halogens is 1. The van der Waals surface area contributed by atoms with Gasteiger partial charge >= 0.3 is 6.09 Å². The van der Waals surface area contributed by atoms with E-state index in [4.69, 9.17) is 26.1 Å². The third-order valence-corrected chi connectivity index (χ3v) is 6.58. The first kappa shape index (κ1) is 23.3. The van der Waals surface area contributed by atoms with E-state index >= 15 is 0 Å². The minimum Gasteiger partial charge on any atom is -0.449 e. The maximum atomic E-state index is 13.2. The lowest BCUT2D eigenvalue weighted by molar-refractivity contribution is -0.0286. The third kappa shape index (κ3) is 4.87. The van der Waals surface area contributed by atoms with Gasteiger partial charge in [0.15, 0.2) is 0 Å². The van der Waals surface area contributed by atoms with Crippen molar-refractivity contribution in [2.75, 3.05) is 46.0 Å². The zero-order chi connectivity index (χ0) is 24.4. The van der Waals surface area contributed by atoms with Gasteiger partial charge in [-0.3, -0.25) is 9.48 Å². The first-order chi connectivity index (χ1) is 17.0. The van der Waals surface area contributed by atoms with E-state index in [9.17, 15) is 9.59 Å². The number of aromatic nitrogens is 3. The molecule has 1 aromatic carbocycles. The Morgan fingerprint density at radius 3 is 2.66 bits per heavy atom. The van der Waals surface area contributed by atoms with Crippen molar-refractivity contribution in [2.45, 2.75) is 12.5 Å². The Kier molecular flexibility index (Phi) is 6.70. The number of pyridine rings is 1. The van der Waals surface area contributed by atoms with Gasteiger partial charge in [0.2, 0.25) is 0 Å². The van der Waals surface area contributed by atoms with Crippen molar-refractivity contribution < 1.29 is 19.1 Å². The smallest absolute Gasteiger partial charge is 0.409 e. The summed E-state index contributed by atoms with van der Waals surface area (Å²) < 4.78 is 12.3. The molecule has 10 heteroatoms. The van der Waals surface area contributed by atoms with Crippen LogP contribution in [0, 0.1) is 0 Å². The minimum absolute atomic E-state index is 0.104. The van der Waals surface area contributed by atoms with Crippen molar-refractivity contribution in [3.05, 3.63) is 59.9 Å².